The van der Waals surface area contributed by atoms with Crippen LogP contribution in [0.2, 0.25) is 0 Å². The lowest BCUT2D eigenvalue weighted by atomic mass is 10.1. The summed E-state index contributed by atoms with van der Waals surface area (Å²) in [5.41, 5.74) is 0. The Labute approximate surface area is 144 Å². The minimum absolute atomic E-state index is 0.0611. The van der Waals surface area contributed by atoms with E-state index < -0.39 is 35.9 Å². The highest BCUT2D eigenvalue weighted by Gasteiger charge is 2.35. The molecule has 0 radical (unpaired) electrons. The number of hydrogen-bond donors (Lipinski definition) is 1. The second-order valence-corrected chi connectivity index (χ2v) is 4.92. The van der Waals surface area contributed by atoms with Crippen LogP contribution >= 0.6 is 0 Å². The van der Waals surface area contributed by atoms with Crippen molar-refractivity contribution in [3.63, 3.8) is 0 Å². The number of alkyl carbamates (subject to hydrolysis) is 1. The molecule has 3 amide bonds. The fourth-order valence-corrected chi connectivity index (χ4v) is 1.87. The Bertz CT molecular complexity index is 544. The fraction of sp³-hybridized carbons (Fsp3) is 0.533. The Morgan fingerprint density at radius 1 is 1.24 bits per heavy atom. The van der Waals surface area contributed by atoms with E-state index in [1.165, 1.54) is 6.08 Å². The zero-order valence-electron chi connectivity index (χ0n) is 13.8. The summed E-state index contributed by atoms with van der Waals surface area (Å²) in [6.07, 6.45) is -0.0747. The predicted octanol–water partition coefficient (Wildman–Crippen LogP) is 0.218. The monoisotopic (exact) mass is 356 g/mol. The minimum atomic E-state index is -1.30. The van der Waals surface area contributed by atoms with Crippen LogP contribution < -0.4 is 5.32 Å². The van der Waals surface area contributed by atoms with Gasteiger partial charge in [-0.15, -0.1) is 5.06 Å². The number of imide groups is 1. The molecule has 1 aliphatic heterocycles. The van der Waals surface area contributed by atoms with E-state index in [0.717, 1.165) is 0 Å². The van der Waals surface area contributed by atoms with Crippen LogP contribution in [0.5, 0.6) is 0 Å². The molecule has 0 bridgehead atoms. The van der Waals surface area contributed by atoms with Crippen molar-refractivity contribution in [3.8, 4) is 0 Å². The first kappa shape index (κ1) is 20.1. The number of carbonyl (C=O) groups excluding carboxylic acids is 5. The summed E-state index contributed by atoms with van der Waals surface area (Å²) in [6, 6.07) is -1.30. The van der Waals surface area contributed by atoms with Crippen LogP contribution in [0.4, 0.5) is 4.79 Å². The normalized spacial score (nSPS) is 14.7. The van der Waals surface area contributed by atoms with Crippen LogP contribution in [0.25, 0.3) is 0 Å². The molecule has 1 aliphatic rings. The van der Waals surface area contributed by atoms with Gasteiger partial charge in [-0.25, -0.2) is 9.59 Å². The molecular formula is C15H20N2O8. The van der Waals surface area contributed by atoms with Gasteiger partial charge in [0.05, 0.1) is 6.61 Å². The smallest absolute Gasteiger partial charge is 0.408 e. The molecule has 0 aromatic heterocycles. The zero-order valence-corrected chi connectivity index (χ0v) is 13.8. The second kappa shape index (κ2) is 10.1. The Hall–Kier alpha value is -2.91. The van der Waals surface area contributed by atoms with Gasteiger partial charge < -0.3 is 19.6 Å². The van der Waals surface area contributed by atoms with Gasteiger partial charge in [-0.2, -0.15) is 0 Å². The first-order valence-electron chi connectivity index (χ1n) is 7.66. The lowest BCUT2D eigenvalue weighted by Gasteiger charge is -2.19. The minimum Gasteiger partial charge on any atom is -0.466 e. The molecule has 1 heterocycles. The lowest BCUT2D eigenvalue weighted by molar-refractivity contribution is -0.199. The largest absolute Gasteiger partial charge is 0.466 e. The van der Waals surface area contributed by atoms with Gasteiger partial charge in [0.25, 0.3) is 11.8 Å². The maximum Gasteiger partial charge on any atom is 0.408 e. The molecule has 10 nitrogen and oxygen atoms in total. The van der Waals surface area contributed by atoms with Crippen LogP contribution in [-0.4, -0.2) is 54.2 Å². The highest BCUT2D eigenvalue weighted by atomic mass is 16.7. The number of nitrogens with one attached hydrogen (secondary N) is 1. The molecule has 0 aromatic rings. The Balaban J connectivity index is 2.70. The summed E-state index contributed by atoms with van der Waals surface area (Å²) in [6.45, 7) is 5.07. The van der Waals surface area contributed by atoms with Crippen molar-refractivity contribution in [2.24, 2.45) is 0 Å². The van der Waals surface area contributed by atoms with Gasteiger partial charge in [0.2, 0.25) is 0 Å². The zero-order chi connectivity index (χ0) is 18.8. The molecule has 10 heteroatoms. The van der Waals surface area contributed by atoms with Crippen molar-refractivity contribution >= 4 is 29.8 Å². The van der Waals surface area contributed by atoms with Crippen molar-refractivity contribution in [3.05, 3.63) is 12.7 Å². The molecular weight excluding hydrogens is 336 g/mol. The van der Waals surface area contributed by atoms with Crippen molar-refractivity contribution in [1.29, 1.82) is 0 Å². The van der Waals surface area contributed by atoms with Crippen LogP contribution in [0.15, 0.2) is 12.7 Å². The van der Waals surface area contributed by atoms with Gasteiger partial charge in [-0.05, 0) is 13.3 Å². The summed E-state index contributed by atoms with van der Waals surface area (Å²) < 4.78 is 9.44. The van der Waals surface area contributed by atoms with Gasteiger partial charge in [0.1, 0.15) is 12.6 Å². The summed E-state index contributed by atoms with van der Waals surface area (Å²) in [4.78, 5) is 62.9. The summed E-state index contributed by atoms with van der Waals surface area (Å²) in [5, 5.41) is 2.57. The van der Waals surface area contributed by atoms with Crippen molar-refractivity contribution < 1.29 is 38.3 Å². The third-order valence-corrected chi connectivity index (χ3v) is 3.04. The molecule has 0 saturated carbocycles. The third kappa shape index (κ3) is 6.61. The molecule has 0 aliphatic carbocycles. The molecule has 0 unspecified atom stereocenters. The highest BCUT2D eigenvalue weighted by Crippen LogP contribution is 2.14. The van der Waals surface area contributed by atoms with Crippen LogP contribution in [0.1, 0.15) is 32.6 Å². The number of rotatable bonds is 9. The number of esters is 1. The summed E-state index contributed by atoms with van der Waals surface area (Å²) in [5.74, 6) is -2.95. The Morgan fingerprint density at radius 3 is 2.44 bits per heavy atom. The van der Waals surface area contributed by atoms with Gasteiger partial charge in [-0.3, -0.25) is 14.4 Å². The topological polar surface area (TPSA) is 128 Å². The van der Waals surface area contributed by atoms with Gasteiger partial charge in [-0.1, -0.05) is 12.7 Å². The van der Waals surface area contributed by atoms with Crippen molar-refractivity contribution in [2.45, 2.75) is 38.6 Å². The number of hydrogen-bond acceptors (Lipinski definition) is 8. The quantitative estimate of drug-likeness (QED) is 0.353. The standard InChI is InChI=1S/C15H20N2O8/c1-3-9-24-15(22)16-10(5-8-13(20)23-4-2)14(21)25-17-11(18)6-7-12(17)19/h3,10H,1,4-9H2,2H3,(H,16,22)/t10-/m0/s1. The fourth-order valence-electron chi connectivity index (χ4n) is 1.87. The molecule has 0 aromatic carbocycles. The number of amides is 3. The molecule has 1 saturated heterocycles. The number of nitrogens with zero attached hydrogens (tertiary/aromatic N) is 1. The van der Waals surface area contributed by atoms with Gasteiger partial charge in [0, 0.05) is 19.3 Å². The lowest BCUT2D eigenvalue weighted by Crippen LogP contribution is -2.45. The molecule has 1 N–H and O–H groups in total. The Kier molecular flexibility index (Phi) is 8.10. The second-order valence-electron chi connectivity index (χ2n) is 4.92. The van der Waals surface area contributed by atoms with E-state index in [4.69, 9.17) is 14.3 Å². The third-order valence-electron chi connectivity index (χ3n) is 3.04. The van der Waals surface area contributed by atoms with Crippen LogP contribution in [0, 0.1) is 0 Å². The molecule has 138 valence electrons. The van der Waals surface area contributed by atoms with E-state index in [9.17, 15) is 24.0 Å². The van der Waals surface area contributed by atoms with E-state index in [1.807, 2.05) is 0 Å². The van der Waals surface area contributed by atoms with Crippen LogP contribution in [0.3, 0.4) is 0 Å². The first-order valence-corrected chi connectivity index (χ1v) is 7.66. The molecule has 1 rings (SSSR count). The van der Waals surface area contributed by atoms with E-state index >= 15 is 0 Å². The predicted molar refractivity (Wildman–Crippen MR) is 81.5 cm³/mol. The summed E-state index contributed by atoms with van der Waals surface area (Å²) >= 11 is 0. The average molecular weight is 356 g/mol. The molecule has 1 atom stereocenters. The molecule has 0 spiro atoms. The van der Waals surface area contributed by atoms with Crippen molar-refractivity contribution in [1.82, 2.24) is 10.4 Å². The molecule has 25 heavy (non-hydrogen) atoms. The van der Waals surface area contributed by atoms with Gasteiger partial charge in [0.15, 0.2) is 0 Å². The first-order chi connectivity index (χ1) is 11.9. The highest BCUT2D eigenvalue weighted by molar-refractivity contribution is 6.01. The molecule has 1 fully saturated rings. The van der Waals surface area contributed by atoms with Gasteiger partial charge >= 0.3 is 18.0 Å². The number of carbonyl (C=O) groups is 5. The van der Waals surface area contributed by atoms with E-state index in [1.54, 1.807) is 6.92 Å². The van der Waals surface area contributed by atoms with E-state index in [-0.39, 0.29) is 38.9 Å². The van der Waals surface area contributed by atoms with Crippen LogP contribution in [-0.2, 0) is 33.5 Å². The van der Waals surface area contributed by atoms with Crippen molar-refractivity contribution in [2.75, 3.05) is 13.2 Å². The van der Waals surface area contributed by atoms with E-state index in [0.29, 0.717) is 5.06 Å². The maximum absolute atomic E-state index is 12.2. The number of ether oxygens (including phenoxy) is 2. The number of hydroxylamine groups is 2. The Morgan fingerprint density at radius 2 is 1.88 bits per heavy atom. The SMILES string of the molecule is C=CCOC(=O)N[C@@H](CCC(=O)OCC)C(=O)ON1C(=O)CCC1=O. The summed E-state index contributed by atoms with van der Waals surface area (Å²) in [7, 11) is 0. The van der Waals surface area contributed by atoms with E-state index in [2.05, 4.69) is 11.9 Å². The average Bonchev–Trinajstić information content (AvgIpc) is 2.88. The maximum atomic E-state index is 12.2.